The first-order valence-corrected chi connectivity index (χ1v) is 25.3. The molecule has 0 atom stereocenters. The molecule has 0 saturated heterocycles. The number of fused-ring (bicyclic) bond motifs is 7. The molecule has 3 nitrogen and oxygen atoms in total. The molecule has 0 N–H and O–H groups in total. The fourth-order valence-corrected chi connectivity index (χ4v) is 15.8. The van der Waals surface area contributed by atoms with Crippen LogP contribution in [0.3, 0.4) is 0 Å². The summed E-state index contributed by atoms with van der Waals surface area (Å²) in [5, 5.41) is 12.4. The summed E-state index contributed by atoms with van der Waals surface area (Å²) in [7, 11) is -2.88. The van der Waals surface area contributed by atoms with Gasteiger partial charge in [-0.05, 0) is 97.2 Å². The van der Waals surface area contributed by atoms with Crippen molar-refractivity contribution in [3.8, 4) is 16.8 Å². The molecule has 0 spiro atoms. The second-order valence-corrected chi connectivity index (χ2v) is 21.4. The molecule has 0 aliphatic rings. The summed E-state index contributed by atoms with van der Waals surface area (Å²) >= 11 is 0. The molecule has 0 aliphatic heterocycles. The lowest BCUT2D eigenvalue weighted by atomic mass is 9.98. The third-order valence-corrected chi connectivity index (χ3v) is 18.7. The summed E-state index contributed by atoms with van der Waals surface area (Å²) < 4.78 is 9.12. The van der Waals surface area contributed by atoms with Gasteiger partial charge in [0.25, 0.3) is 0 Å². The third-order valence-electron chi connectivity index (χ3n) is 13.9. The maximum absolute atomic E-state index is 6.72. The lowest BCUT2D eigenvalue weighted by molar-refractivity contribution is 0.666. The smallest absolute Gasteiger partial charge is 0.179 e. The van der Waals surface area contributed by atoms with E-state index in [2.05, 4.69) is 270 Å². The Morgan fingerprint density at radius 3 is 1.65 bits per heavy atom. The SMILES string of the molecule is c1ccc([Si](c2ccccc2)(c2ccccc2)c2cccc(N(c3ccc(-c4cccc5ccccc45)cc3)c3cccc4c3c3ccccc3n4-c3cccc4c3oc3ccccc34)c2)cc1. The largest absolute Gasteiger partial charge is 0.454 e. The van der Waals surface area contributed by atoms with Gasteiger partial charge in [0.2, 0.25) is 0 Å². The highest BCUT2D eigenvalue weighted by molar-refractivity contribution is 7.19. The second kappa shape index (κ2) is 16.3. The Labute approximate surface area is 396 Å². The van der Waals surface area contributed by atoms with E-state index in [1.54, 1.807) is 0 Å². The molecule has 0 saturated carbocycles. The first-order valence-electron chi connectivity index (χ1n) is 23.3. The summed E-state index contributed by atoms with van der Waals surface area (Å²) in [6.07, 6.45) is 0. The normalized spacial score (nSPS) is 11.8. The molecule has 0 unspecified atom stereocenters. The summed E-state index contributed by atoms with van der Waals surface area (Å²) in [5.41, 5.74) is 10.6. The van der Waals surface area contributed by atoms with Crippen molar-refractivity contribution in [2.45, 2.75) is 0 Å². The van der Waals surface area contributed by atoms with Crippen molar-refractivity contribution >= 4 is 100 Å². The van der Waals surface area contributed by atoms with Gasteiger partial charge in [0.05, 0.1) is 22.4 Å². The molecule has 13 aromatic rings. The molecule has 13 rings (SSSR count). The van der Waals surface area contributed by atoms with E-state index in [0.717, 1.165) is 61.1 Å². The fraction of sp³-hybridized carbons (Fsp3) is 0. The number of hydrogen-bond acceptors (Lipinski definition) is 2. The lowest BCUT2D eigenvalue weighted by Crippen LogP contribution is -2.74. The van der Waals surface area contributed by atoms with Crippen LogP contribution in [0.5, 0.6) is 0 Å². The minimum atomic E-state index is -2.88. The van der Waals surface area contributed by atoms with Crippen molar-refractivity contribution in [2.75, 3.05) is 4.90 Å². The van der Waals surface area contributed by atoms with E-state index in [0.29, 0.717) is 0 Å². The molecular weight excluding hydrogens is 841 g/mol. The van der Waals surface area contributed by atoms with Crippen LogP contribution in [0.1, 0.15) is 0 Å². The monoisotopic (exact) mass is 884 g/mol. The van der Waals surface area contributed by atoms with Gasteiger partial charge < -0.3 is 13.9 Å². The highest BCUT2D eigenvalue weighted by Gasteiger charge is 2.41. The van der Waals surface area contributed by atoms with Gasteiger partial charge in [-0.1, -0.05) is 212 Å². The van der Waals surface area contributed by atoms with Gasteiger partial charge in [0, 0.05) is 32.9 Å². The van der Waals surface area contributed by atoms with Crippen molar-refractivity contribution in [3.05, 3.63) is 267 Å². The van der Waals surface area contributed by atoms with Crippen LogP contribution in [0.25, 0.3) is 71.3 Å². The Hall–Kier alpha value is -8.70. The Morgan fingerprint density at radius 2 is 0.912 bits per heavy atom. The van der Waals surface area contributed by atoms with Crippen LogP contribution in [-0.2, 0) is 0 Å². The van der Waals surface area contributed by atoms with Gasteiger partial charge >= 0.3 is 0 Å². The van der Waals surface area contributed by atoms with Crippen molar-refractivity contribution < 1.29 is 4.42 Å². The predicted molar refractivity (Wildman–Crippen MR) is 289 cm³/mol. The van der Waals surface area contributed by atoms with E-state index in [4.69, 9.17) is 4.42 Å². The third kappa shape index (κ3) is 6.26. The van der Waals surface area contributed by atoms with Gasteiger partial charge in [0.1, 0.15) is 5.58 Å². The van der Waals surface area contributed by atoms with Crippen LogP contribution < -0.4 is 25.6 Å². The minimum Gasteiger partial charge on any atom is -0.454 e. The predicted octanol–water partition coefficient (Wildman–Crippen LogP) is 14.4. The van der Waals surface area contributed by atoms with Gasteiger partial charge in [-0.3, -0.25) is 0 Å². The van der Waals surface area contributed by atoms with E-state index >= 15 is 0 Å². The van der Waals surface area contributed by atoms with E-state index < -0.39 is 8.07 Å². The number of furan rings is 1. The van der Waals surface area contributed by atoms with E-state index in [1.807, 2.05) is 6.07 Å². The standard InChI is InChI=1S/C64H44N2OSi/c1-4-23-49(24-5-1)68(50-25-6-2-7-26-50,51-27-8-3-9-28-51)52-29-17-22-48(44-52)65(47-42-40-46(41-43-47)54-33-16-21-45-20-10-11-30-53(45)54)59-36-19-37-60-63(59)57-32-12-14-35-58(57)66(60)61-38-18-34-56-55-31-13-15-39-62(55)67-64(56)61/h1-44H. The fourth-order valence-electron chi connectivity index (χ4n) is 11.0. The number of nitrogens with zero attached hydrogens (tertiary/aromatic N) is 2. The van der Waals surface area contributed by atoms with Crippen molar-refractivity contribution in [2.24, 2.45) is 0 Å². The zero-order chi connectivity index (χ0) is 45.0. The summed E-state index contributed by atoms with van der Waals surface area (Å²) in [4.78, 5) is 2.48. The number of benzene rings is 11. The molecule has 0 radical (unpaired) electrons. The van der Waals surface area contributed by atoms with Gasteiger partial charge in [0.15, 0.2) is 13.7 Å². The van der Waals surface area contributed by atoms with Crippen molar-refractivity contribution in [1.82, 2.24) is 4.57 Å². The molecular formula is C64H44N2OSi. The second-order valence-electron chi connectivity index (χ2n) is 17.6. The number of rotatable bonds is 9. The van der Waals surface area contributed by atoms with Gasteiger partial charge in [-0.2, -0.15) is 0 Å². The molecule has 2 heterocycles. The average molecular weight is 885 g/mol. The van der Waals surface area contributed by atoms with Crippen LogP contribution in [-0.4, -0.2) is 12.6 Å². The molecule has 4 heteroatoms. The quantitative estimate of drug-likeness (QED) is 0.106. The molecule has 11 aromatic carbocycles. The Bertz CT molecular complexity index is 3870. The van der Waals surface area contributed by atoms with E-state index in [9.17, 15) is 0 Å². The zero-order valence-corrected chi connectivity index (χ0v) is 38.2. The van der Waals surface area contributed by atoms with E-state index in [-0.39, 0.29) is 0 Å². The number of para-hydroxylation sites is 3. The molecule has 0 fully saturated rings. The maximum Gasteiger partial charge on any atom is 0.179 e. The summed E-state index contributed by atoms with van der Waals surface area (Å²) in [6.45, 7) is 0. The highest BCUT2D eigenvalue weighted by Crippen LogP contribution is 2.45. The van der Waals surface area contributed by atoms with Crippen LogP contribution in [0.15, 0.2) is 271 Å². The number of aromatic nitrogens is 1. The molecule has 0 bridgehead atoms. The topological polar surface area (TPSA) is 21.3 Å². The minimum absolute atomic E-state index is 0.874. The van der Waals surface area contributed by atoms with Crippen molar-refractivity contribution in [1.29, 1.82) is 0 Å². The Morgan fingerprint density at radius 1 is 0.368 bits per heavy atom. The molecule has 0 amide bonds. The molecule has 0 aliphatic carbocycles. The van der Waals surface area contributed by atoms with E-state index in [1.165, 1.54) is 48.0 Å². The van der Waals surface area contributed by atoms with Crippen molar-refractivity contribution in [3.63, 3.8) is 0 Å². The van der Waals surface area contributed by atoms with Crippen LogP contribution in [0.4, 0.5) is 17.1 Å². The van der Waals surface area contributed by atoms with Crippen LogP contribution >= 0.6 is 0 Å². The zero-order valence-electron chi connectivity index (χ0n) is 37.2. The highest BCUT2D eigenvalue weighted by atomic mass is 28.3. The summed E-state index contributed by atoms with van der Waals surface area (Å²) in [6, 6.07) is 97.8. The molecule has 2 aromatic heterocycles. The first kappa shape index (κ1) is 39.6. The number of anilines is 3. The molecule has 68 heavy (non-hydrogen) atoms. The van der Waals surface area contributed by atoms with Crippen LogP contribution in [0.2, 0.25) is 0 Å². The lowest BCUT2D eigenvalue weighted by Gasteiger charge is -2.35. The maximum atomic E-state index is 6.72. The average Bonchev–Trinajstić information content (AvgIpc) is 3.97. The number of hydrogen-bond donors (Lipinski definition) is 0. The van der Waals surface area contributed by atoms with Gasteiger partial charge in [-0.15, -0.1) is 0 Å². The molecule has 320 valence electrons. The van der Waals surface area contributed by atoms with Crippen LogP contribution in [0, 0.1) is 0 Å². The first-order chi connectivity index (χ1) is 33.8. The summed E-state index contributed by atoms with van der Waals surface area (Å²) in [5.74, 6) is 0. The Kier molecular flexibility index (Phi) is 9.51. The van der Waals surface area contributed by atoms with Gasteiger partial charge in [-0.25, -0.2) is 0 Å². The Balaban J connectivity index is 1.08.